The van der Waals surface area contributed by atoms with E-state index in [9.17, 15) is 9.59 Å². The third kappa shape index (κ3) is 4.05. The molecule has 1 aromatic carbocycles. The Balaban J connectivity index is 2.86. The number of hydrogen-bond acceptors (Lipinski definition) is 3. The number of anilines is 2. The zero-order valence-corrected chi connectivity index (χ0v) is 10.2. The van der Waals surface area contributed by atoms with Crippen LogP contribution in [-0.2, 0) is 9.59 Å². The number of carbonyl (C=O) groups excluding carboxylic acids is 2. The Morgan fingerprint density at radius 1 is 1.29 bits per heavy atom. The van der Waals surface area contributed by atoms with Gasteiger partial charge in [-0.3, -0.25) is 9.59 Å². The maximum absolute atomic E-state index is 11.2. The van der Waals surface area contributed by atoms with Gasteiger partial charge in [0.15, 0.2) is 0 Å². The van der Waals surface area contributed by atoms with Crippen LogP contribution in [0.25, 0.3) is 0 Å². The van der Waals surface area contributed by atoms with E-state index >= 15 is 0 Å². The molecule has 0 aliphatic carbocycles. The molecule has 0 heterocycles. The average molecular weight is 256 g/mol. The van der Waals surface area contributed by atoms with Gasteiger partial charge in [0, 0.05) is 12.1 Å². The number of benzene rings is 1. The lowest BCUT2D eigenvalue weighted by Crippen LogP contribution is -2.22. The van der Waals surface area contributed by atoms with Crippen molar-refractivity contribution in [1.29, 1.82) is 0 Å². The van der Waals surface area contributed by atoms with Gasteiger partial charge in [0.1, 0.15) is 0 Å². The molecule has 0 spiro atoms. The molecule has 4 N–H and O–H groups in total. The Kier molecular flexibility index (Phi) is 4.93. The molecule has 0 bridgehead atoms. The van der Waals surface area contributed by atoms with E-state index in [2.05, 4.69) is 10.6 Å². The summed E-state index contributed by atoms with van der Waals surface area (Å²) in [6.45, 7) is 1.63. The fourth-order valence-electron chi connectivity index (χ4n) is 1.15. The molecule has 5 nitrogen and oxygen atoms in total. The topological polar surface area (TPSA) is 84.2 Å². The van der Waals surface area contributed by atoms with Crippen molar-refractivity contribution in [3.05, 3.63) is 23.2 Å². The second-order valence-corrected chi connectivity index (χ2v) is 3.76. The van der Waals surface area contributed by atoms with E-state index in [0.717, 1.165) is 0 Å². The summed E-state index contributed by atoms with van der Waals surface area (Å²) in [4.78, 5) is 22.3. The van der Waals surface area contributed by atoms with Crippen LogP contribution in [0.4, 0.5) is 11.4 Å². The number of rotatable bonds is 4. The largest absolute Gasteiger partial charge is 0.326 e. The molecule has 0 aliphatic rings. The standard InChI is InChI=1S/C11H14ClN3O2/c1-2-10(16)14-7-3-4-8(12)9(5-7)15-11(17)6-13/h3-5H,2,6,13H2,1H3,(H,14,16)(H,15,17). The van der Waals surface area contributed by atoms with Gasteiger partial charge in [0.05, 0.1) is 17.3 Å². The Bertz CT molecular complexity index is 435. The average Bonchev–Trinajstić information content (AvgIpc) is 2.33. The summed E-state index contributed by atoms with van der Waals surface area (Å²) in [5.41, 5.74) is 6.19. The Labute approximate surface area is 104 Å². The monoisotopic (exact) mass is 255 g/mol. The summed E-state index contributed by atoms with van der Waals surface area (Å²) >= 11 is 5.90. The molecule has 0 fully saturated rings. The van der Waals surface area contributed by atoms with Crippen LogP contribution in [0.15, 0.2) is 18.2 Å². The van der Waals surface area contributed by atoms with E-state index < -0.39 is 0 Å². The van der Waals surface area contributed by atoms with Crippen molar-refractivity contribution in [2.24, 2.45) is 5.73 Å². The molecule has 0 radical (unpaired) electrons. The molecule has 17 heavy (non-hydrogen) atoms. The fourth-order valence-corrected chi connectivity index (χ4v) is 1.31. The lowest BCUT2D eigenvalue weighted by Gasteiger charge is -2.09. The van der Waals surface area contributed by atoms with Crippen LogP contribution in [0.2, 0.25) is 5.02 Å². The molecule has 0 atom stereocenters. The smallest absolute Gasteiger partial charge is 0.238 e. The van der Waals surface area contributed by atoms with Gasteiger partial charge >= 0.3 is 0 Å². The minimum atomic E-state index is -0.342. The third-order valence-corrected chi connectivity index (χ3v) is 2.36. The Morgan fingerprint density at radius 2 is 2.00 bits per heavy atom. The zero-order valence-electron chi connectivity index (χ0n) is 9.42. The van der Waals surface area contributed by atoms with Gasteiger partial charge < -0.3 is 16.4 Å². The van der Waals surface area contributed by atoms with Crippen LogP contribution in [0, 0.1) is 0 Å². The third-order valence-electron chi connectivity index (χ3n) is 2.03. The SMILES string of the molecule is CCC(=O)Nc1ccc(Cl)c(NC(=O)CN)c1. The van der Waals surface area contributed by atoms with Crippen molar-refractivity contribution in [2.45, 2.75) is 13.3 Å². The highest BCUT2D eigenvalue weighted by molar-refractivity contribution is 6.33. The summed E-state index contributed by atoms with van der Waals surface area (Å²) in [5.74, 6) is -0.450. The lowest BCUT2D eigenvalue weighted by molar-refractivity contribution is -0.116. The maximum atomic E-state index is 11.2. The minimum absolute atomic E-state index is 0.108. The van der Waals surface area contributed by atoms with Gasteiger partial charge in [-0.1, -0.05) is 18.5 Å². The number of nitrogens with one attached hydrogen (secondary N) is 2. The Morgan fingerprint density at radius 3 is 2.59 bits per heavy atom. The van der Waals surface area contributed by atoms with E-state index in [1.165, 1.54) is 0 Å². The van der Waals surface area contributed by atoms with Crippen molar-refractivity contribution < 1.29 is 9.59 Å². The van der Waals surface area contributed by atoms with Crippen LogP contribution in [-0.4, -0.2) is 18.4 Å². The second kappa shape index (κ2) is 6.22. The predicted octanol–water partition coefficient (Wildman–Crippen LogP) is 1.59. The fraction of sp³-hybridized carbons (Fsp3) is 0.273. The van der Waals surface area contributed by atoms with E-state index in [4.69, 9.17) is 17.3 Å². The summed E-state index contributed by atoms with van der Waals surface area (Å²) < 4.78 is 0. The highest BCUT2D eigenvalue weighted by Crippen LogP contribution is 2.25. The summed E-state index contributed by atoms with van der Waals surface area (Å²) in [5, 5.41) is 5.60. The summed E-state index contributed by atoms with van der Waals surface area (Å²) in [6.07, 6.45) is 0.382. The van der Waals surface area contributed by atoms with E-state index in [-0.39, 0.29) is 18.4 Å². The normalized spacial score (nSPS) is 9.82. The first-order chi connectivity index (χ1) is 8.06. The highest BCUT2D eigenvalue weighted by atomic mass is 35.5. The first kappa shape index (κ1) is 13.5. The molecule has 1 rings (SSSR count). The first-order valence-corrected chi connectivity index (χ1v) is 5.54. The molecular weight excluding hydrogens is 242 g/mol. The predicted molar refractivity (Wildman–Crippen MR) is 68.1 cm³/mol. The molecule has 1 aromatic rings. The number of hydrogen-bond donors (Lipinski definition) is 3. The molecule has 6 heteroatoms. The number of nitrogens with two attached hydrogens (primary N) is 1. The van der Waals surface area contributed by atoms with Gasteiger partial charge in [-0.25, -0.2) is 0 Å². The number of amides is 2. The highest BCUT2D eigenvalue weighted by Gasteiger charge is 2.06. The molecule has 0 aromatic heterocycles. The van der Waals surface area contributed by atoms with Crippen molar-refractivity contribution in [1.82, 2.24) is 0 Å². The first-order valence-electron chi connectivity index (χ1n) is 5.16. The van der Waals surface area contributed by atoms with Crippen LogP contribution in [0.3, 0.4) is 0 Å². The van der Waals surface area contributed by atoms with E-state index in [0.29, 0.717) is 22.8 Å². The summed E-state index contributed by atoms with van der Waals surface area (Å²) in [7, 11) is 0. The lowest BCUT2D eigenvalue weighted by atomic mass is 10.2. The van der Waals surface area contributed by atoms with Crippen molar-refractivity contribution >= 4 is 34.8 Å². The van der Waals surface area contributed by atoms with Gasteiger partial charge in [-0.2, -0.15) is 0 Å². The zero-order chi connectivity index (χ0) is 12.8. The molecule has 0 aliphatic heterocycles. The summed E-state index contributed by atoms with van der Waals surface area (Å²) in [6, 6.07) is 4.84. The molecular formula is C11H14ClN3O2. The van der Waals surface area contributed by atoms with Gasteiger partial charge in [-0.15, -0.1) is 0 Å². The van der Waals surface area contributed by atoms with Gasteiger partial charge in [0.2, 0.25) is 11.8 Å². The van der Waals surface area contributed by atoms with Crippen LogP contribution < -0.4 is 16.4 Å². The quantitative estimate of drug-likeness (QED) is 0.764. The molecule has 0 saturated carbocycles. The minimum Gasteiger partial charge on any atom is -0.326 e. The number of halogens is 1. The van der Waals surface area contributed by atoms with Crippen molar-refractivity contribution in [3.63, 3.8) is 0 Å². The Hall–Kier alpha value is -1.59. The van der Waals surface area contributed by atoms with E-state index in [1.54, 1.807) is 25.1 Å². The molecule has 2 amide bonds. The number of carbonyl (C=O) groups is 2. The van der Waals surface area contributed by atoms with Crippen molar-refractivity contribution in [2.75, 3.05) is 17.2 Å². The molecule has 0 saturated heterocycles. The van der Waals surface area contributed by atoms with Crippen LogP contribution in [0.1, 0.15) is 13.3 Å². The maximum Gasteiger partial charge on any atom is 0.238 e. The molecule has 92 valence electrons. The van der Waals surface area contributed by atoms with Crippen LogP contribution in [0.5, 0.6) is 0 Å². The van der Waals surface area contributed by atoms with Gasteiger partial charge in [0.25, 0.3) is 0 Å². The van der Waals surface area contributed by atoms with Crippen molar-refractivity contribution in [3.8, 4) is 0 Å². The molecule has 0 unspecified atom stereocenters. The van der Waals surface area contributed by atoms with Crippen LogP contribution >= 0.6 is 11.6 Å². The van der Waals surface area contributed by atoms with Gasteiger partial charge in [-0.05, 0) is 18.2 Å². The second-order valence-electron chi connectivity index (χ2n) is 3.35. The van der Waals surface area contributed by atoms with E-state index in [1.807, 2.05) is 0 Å².